The lowest BCUT2D eigenvalue weighted by Gasteiger charge is -2.06. The maximum Gasteiger partial charge on any atom is 0.280 e. The van der Waals surface area contributed by atoms with E-state index in [1.54, 1.807) is 4.68 Å². The highest BCUT2D eigenvalue weighted by Gasteiger charge is 2.19. The van der Waals surface area contributed by atoms with Crippen molar-refractivity contribution in [2.75, 3.05) is 0 Å². The molecule has 4 rings (SSSR count). The molecule has 4 aromatic rings. The molecule has 0 atom stereocenters. The molecule has 0 radical (unpaired) electrons. The fourth-order valence-electron chi connectivity index (χ4n) is 2.88. The first kappa shape index (κ1) is 16.2. The van der Waals surface area contributed by atoms with Crippen molar-refractivity contribution in [3.63, 3.8) is 0 Å². The standard InChI is InChI=1S/C20H19N5O/c1-12-9-10-16(11-14(12)3)25-15(4)18(22-24-25)20-21-19(23-26-20)17-8-6-5-7-13(17)2/h5-11H,1-4H3. The minimum absolute atomic E-state index is 0.371. The van der Waals surface area contributed by atoms with Gasteiger partial charge in [-0.2, -0.15) is 4.98 Å². The number of aromatic nitrogens is 5. The average molecular weight is 345 g/mol. The van der Waals surface area contributed by atoms with E-state index in [4.69, 9.17) is 4.52 Å². The Balaban J connectivity index is 1.73. The number of aryl methyl sites for hydroxylation is 3. The maximum atomic E-state index is 5.46. The third kappa shape index (κ3) is 2.69. The van der Waals surface area contributed by atoms with E-state index >= 15 is 0 Å². The smallest absolute Gasteiger partial charge is 0.280 e. The van der Waals surface area contributed by atoms with Crippen molar-refractivity contribution in [2.24, 2.45) is 0 Å². The van der Waals surface area contributed by atoms with Crippen LogP contribution in [0.4, 0.5) is 0 Å². The lowest BCUT2D eigenvalue weighted by atomic mass is 10.1. The summed E-state index contributed by atoms with van der Waals surface area (Å²) < 4.78 is 7.25. The van der Waals surface area contributed by atoms with Crippen LogP contribution in [0.1, 0.15) is 22.4 Å². The molecule has 0 aliphatic heterocycles. The SMILES string of the molecule is Cc1ccc(-n2nnc(-c3nc(-c4ccccc4C)no3)c2C)cc1C. The molecule has 0 N–H and O–H groups in total. The topological polar surface area (TPSA) is 69.6 Å². The van der Waals surface area contributed by atoms with Gasteiger partial charge < -0.3 is 4.52 Å². The quantitative estimate of drug-likeness (QED) is 0.556. The predicted molar refractivity (Wildman–Crippen MR) is 99.0 cm³/mol. The normalized spacial score (nSPS) is 11.1. The van der Waals surface area contributed by atoms with Crippen molar-refractivity contribution in [1.82, 2.24) is 25.1 Å². The van der Waals surface area contributed by atoms with E-state index in [0.29, 0.717) is 17.4 Å². The van der Waals surface area contributed by atoms with E-state index < -0.39 is 0 Å². The fourth-order valence-corrected chi connectivity index (χ4v) is 2.88. The highest BCUT2D eigenvalue weighted by atomic mass is 16.5. The molecule has 0 aliphatic rings. The second-order valence-corrected chi connectivity index (χ2v) is 6.44. The number of hydrogen-bond acceptors (Lipinski definition) is 5. The number of rotatable bonds is 3. The Hall–Kier alpha value is -3.28. The van der Waals surface area contributed by atoms with Crippen LogP contribution in [0, 0.1) is 27.7 Å². The van der Waals surface area contributed by atoms with Crippen LogP contribution in [0.2, 0.25) is 0 Å². The molecule has 2 aromatic carbocycles. The van der Waals surface area contributed by atoms with Crippen LogP contribution in [0.5, 0.6) is 0 Å². The van der Waals surface area contributed by atoms with Gasteiger partial charge in [0.1, 0.15) is 0 Å². The highest BCUT2D eigenvalue weighted by molar-refractivity contribution is 5.62. The first-order valence-corrected chi connectivity index (χ1v) is 8.44. The summed E-state index contributed by atoms with van der Waals surface area (Å²) in [6, 6.07) is 14.1. The summed E-state index contributed by atoms with van der Waals surface area (Å²) in [5, 5.41) is 12.6. The molecule has 26 heavy (non-hydrogen) atoms. The van der Waals surface area contributed by atoms with Crippen molar-refractivity contribution in [2.45, 2.75) is 27.7 Å². The van der Waals surface area contributed by atoms with Crippen molar-refractivity contribution in [1.29, 1.82) is 0 Å². The molecular weight excluding hydrogens is 326 g/mol. The molecule has 6 nitrogen and oxygen atoms in total. The Kier molecular flexibility index (Phi) is 3.88. The number of hydrogen-bond donors (Lipinski definition) is 0. The average Bonchev–Trinajstić information content (AvgIpc) is 3.24. The Bertz CT molecular complexity index is 1090. The molecule has 0 fully saturated rings. The summed E-state index contributed by atoms with van der Waals surface area (Å²) in [5.74, 6) is 0.925. The Morgan fingerprint density at radius 1 is 0.885 bits per heavy atom. The molecule has 0 saturated heterocycles. The predicted octanol–water partition coefficient (Wildman–Crippen LogP) is 4.22. The second-order valence-electron chi connectivity index (χ2n) is 6.44. The molecule has 2 heterocycles. The minimum atomic E-state index is 0.371. The summed E-state index contributed by atoms with van der Waals surface area (Å²) in [4.78, 5) is 4.52. The van der Waals surface area contributed by atoms with Gasteiger partial charge in [0.25, 0.3) is 5.89 Å². The van der Waals surface area contributed by atoms with Crippen molar-refractivity contribution in [3.8, 4) is 28.7 Å². The maximum absolute atomic E-state index is 5.46. The summed E-state index contributed by atoms with van der Waals surface area (Å²) in [6.45, 7) is 8.14. The van der Waals surface area contributed by atoms with E-state index in [-0.39, 0.29) is 0 Å². The van der Waals surface area contributed by atoms with E-state index in [1.807, 2.05) is 44.2 Å². The van der Waals surface area contributed by atoms with Crippen LogP contribution in [0.25, 0.3) is 28.7 Å². The van der Waals surface area contributed by atoms with Crippen LogP contribution < -0.4 is 0 Å². The van der Waals surface area contributed by atoms with Gasteiger partial charge in [0.15, 0.2) is 5.69 Å². The van der Waals surface area contributed by atoms with Crippen LogP contribution in [0.3, 0.4) is 0 Å². The Labute approximate surface area is 151 Å². The molecule has 0 unspecified atom stereocenters. The van der Waals surface area contributed by atoms with Crippen LogP contribution in [0.15, 0.2) is 47.0 Å². The molecule has 2 aromatic heterocycles. The van der Waals surface area contributed by atoms with Crippen molar-refractivity contribution < 1.29 is 4.52 Å². The molecule has 130 valence electrons. The lowest BCUT2D eigenvalue weighted by molar-refractivity contribution is 0.430. The molecular formula is C20H19N5O. The molecule has 6 heteroatoms. The fraction of sp³-hybridized carbons (Fsp3) is 0.200. The third-order valence-corrected chi connectivity index (χ3v) is 4.64. The first-order chi connectivity index (χ1) is 12.5. The number of benzene rings is 2. The molecule has 0 saturated carbocycles. The monoisotopic (exact) mass is 345 g/mol. The highest BCUT2D eigenvalue weighted by Crippen LogP contribution is 2.26. The lowest BCUT2D eigenvalue weighted by Crippen LogP contribution is -2.00. The zero-order valence-corrected chi connectivity index (χ0v) is 15.2. The van der Waals surface area contributed by atoms with Gasteiger partial charge in [-0.05, 0) is 56.5 Å². The molecule has 0 aliphatic carbocycles. The van der Waals surface area contributed by atoms with E-state index in [2.05, 4.69) is 46.4 Å². The molecule has 0 amide bonds. The van der Waals surface area contributed by atoms with Gasteiger partial charge in [-0.25, -0.2) is 4.68 Å². The van der Waals surface area contributed by atoms with E-state index in [1.165, 1.54) is 11.1 Å². The van der Waals surface area contributed by atoms with E-state index in [0.717, 1.165) is 22.5 Å². The third-order valence-electron chi connectivity index (χ3n) is 4.64. The largest absolute Gasteiger partial charge is 0.332 e. The van der Waals surface area contributed by atoms with Gasteiger partial charge >= 0.3 is 0 Å². The van der Waals surface area contributed by atoms with Gasteiger partial charge in [-0.15, -0.1) is 5.10 Å². The first-order valence-electron chi connectivity index (χ1n) is 8.44. The van der Waals surface area contributed by atoms with Gasteiger partial charge in [-0.1, -0.05) is 40.7 Å². The van der Waals surface area contributed by atoms with Crippen LogP contribution in [-0.2, 0) is 0 Å². The zero-order chi connectivity index (χ0) is 18.3. The summed E-state index contributed by atoms with van der Waals surface area (Å²) in [7, 11) is 0. The van der Waals surface area contributed by atoms with Gasteiger partial charge in [-0.3, -0.25) is 0 Å². The van der Waals surface area contributed by atoms with E-state index in [9.17, 15) is 0 Å². The Morgan fingerprint density at radius 2 is 1.69 bits per heavy atom. The Morgan fingerprint density at radius 3 is 2.46 bits per heavy atom. The summed E-state index contributed by atoms with van der Waals surface area (Å²) >= 11 is 0. The van der Waals surface area contributed by atoms with Gasteiger partial charge in [0, 0.05) is 5.56 Å². The molecule has 0 spiro atoms. The van der Waals surface area contributed by atoms with Gasteiger partial charge in [0.05, 0.1) is 11.4 Å². The number of nitrogens with zero attached hydrogens (tertiary/aromatic N) is 5. The second kappa shape index (κ2) is 6.22. The summed E-state index contributed by atoms with van der Waals surface area (Å²) in [5.41, 5.74) is 6.90. The van der Waals surface area contributed by atoms with Gasteiger partial charge in [0.2, 0.25) is 5.82 Å². The van der Waals surface area contributed by atoms with Crippen LogP contribution in [-0.4, -0.2) is 25.1 Å². The zero-order valence-electron chi connectivity index (χ0n) is 15.2. The van der Waals surface area contributed by atoms with Crippen molar-refractivity contribution >= 4 is 0 Å². The minimum Gasteiger partial charge on any atom is -0.332 e. The van der Waals surface area contributed by atoms with Crippen LogP contribution >= 0.6 is 0 Å². The van der Waals surface area contributed by atoms with Crippen molar-refractivity contribution in [3.05, 3.63) is 64.8 Å². The molecule has 0 bridgehead atoms. The summed E-state index contributed by atoms with van der Waals surface area (Å²) in [6.07, 6.45) is 0.